The van der Waals surface area contributed by atoms with Crippen molar-refractivity contribution in [3.05, 3.63) is 48.5 Å². The molecule has 2 aliphatic heterocycles. The summed E-state index contributed by atoms with van der Waals surface area (Å²) >= 11 is 1.48. The van der Waals surface area contributed by atoms with E-state index in [1.165, 1.54) is 22.8 Å². The van der Waals surface area contributed by atoms with Crippen molar-refractivity contribution in [1.82, 2.24) is 9.29 Å². The fourth-order valence-electron chi connectivity index (χ4n) is 4.71. The monoisotopic (exact) mass is 515 g/mol. The van der Waals surface area contributed by atoms with Gasteiger partial charge in [0.25, 0.3) is 0 Å². The summed E-state index contributed by atoms with van der Waals surface area (Å²) in [5.74, 6) is 0.0654. The lowest BCUT2D eigenvalue weighted by molar-refractivity contribution is -0.123. The van der Waals surface area contributed by atoms with Crippen LogP contribution in [0, 0.1) is 5.92 Å². The van der Waals surface area contributed by atoms with Gasteiger partial charge in [-0.3, -0.25) is 9.69 Å². The molecule has 0 spiro atoms. The lowest BCUT2D eigenvalue weighted by Crippen LogP contribution is -2.48. The number of hydrogen-bond acceptors (Lipinski definition) is 7. The Hall–Kier alpha value is -2.53. The highest BCUT2D eigenvalue weighted by atomic mass is 32.2. The predicted molar refractivity (Wildman–Crippen MR) is 135 cm³/mol. The van der Waals surface area contributed by atoms with Crippen LogP contribution in [-0.2, 0) is 19.6 Å². The van der Waals surface area contributed by atoms with Gasteiger partial charge in [-0.1, -0.05) is 23.5 Å². The van der Waals surface area contributed by atoms with Gasteiger partial charge in [-0.25, -0.2) is 13.4 Å². The fourth-order valence-corrected chi connectivity index (χ4v) is 7.21. The summed E-state index contributed by atoms with van der Waals surface area (Å²) in [7, 11) is -2.18. The molecule has 2 atom stereocenters. The highest BCUT2D eigenvalue weighted by Crippen LogP contribution is 2.33. The van der Waals surface area contributed by atoms with Crippen molar-refractivity contribution in [2.24, 2.45) is 5.92 Å². The van der Waals surface area contributed by atoms with Crippen molar-refractivity contribution in [3.8, 4) is 5.75 Å². The van der Waals surface area contributed by atoms with E-state index >= 15 is 0 Å². The lowest BCUT2D eigenvalue weighted by Gasteiger charge is -2.34. The maximum atomic E-state index is 13.9. The third-order valence-corrected chi connectivity index (χ3v) is 9.56. The smallest absolute Gasteiger partial charge is 0.243 e. The van der Waals surface area contributed by atoms with Gasteiger partial charge in [0.2, 0.25) is 15.9 Å². The normalized spacial score (nSPS) is 21.3. The standard InChI is InChI=1S/C25H29N3O5S2/c1-32-19-10-12-21(13-11-19)35(30,31)27-14-4-6-18(16-27)24(29)28(17-20-7-5-15-33-20)25-26-22-8-2-3-9-23(22)34-25/h2-3,8-13,18,20H,4-7,14-17H2,1H3. The van der Waals surface area contributed by atoms with Crippen molar-refractivity contribution in [3.63, 3.8) is 0 Å². The number of carbonyl (C=O) groups excluding carboxylic acids is 1. The van der Waals surface area contributed by atoms with Crippen LogP contribution in [0.3, 0.4) is 0 Å². The van der Waals surface area contributed by atoms with Crippen LogP contribution in [0.25, 0.3) is 10.2 Å². The summed E-state index contributed by atoms with van der Waals surface area (Å²) in [6, 6.07) is 14.2. The van der Waals surface area contributed by atoms with E-state index in [-0.39, 0.29) is 23.5 Å². The van der Waals surface area contributed by atoms with Crippen molar-refractivity contribution < 1.29 is 22.7 Å². The van der Waals surface area contributed by atoms with E-state index in [1.54, 1.807) is 29.2 Å². The van der Waals surface area contributed by atoms with Crippen LogP contribution < -0.4 is 9.64 Å². The van der Waals surface area contributed by atoms with E-state index in [9.17, 15) is 13.2 Å². The molecular weight excluding hydrogens is 486 g/mol. The minimum absolute atomic E-state index is 0.0336. The molecule has 1 aromatic heterocycles. The molecule has 0 saturated carbocycles. The fraction of sp³-hybridized carbons (Fsp3) is 0.440. The van der Waals surface area contributed by atoms with E-state index in [4.69, 9.17) is 14.5 Å². The molecule has 186 valence electrons. The second-order valence-corrected chi connectivity index (χ2v) is 11.9. The van der Waals surface area contributed by atoms with Crippen LogP contribution in [0.5, 0.6) is 5.75 Å². The Balaban J connectivity index is 1.39. The number of piperidine rings is 1. The number of methoxy groups -OCH3 is 1. The SMILES string of the molecule is COc1ccc(S(=O)(=O)N2CCCC(C(=O)N(CC3CCCO3)c3nc4ccccc4s3)C2)cc1. The van der Waals surface area contributed by atoms with Gasteiger partial charge in [0.05, 0.1) is 40.8 Å². The molecule has 2 fully saturated rings. The van der Waals surface area contributed by atoms with Crippen LogP contribution in [0.1, 0.15) is 25.7 Å². The molecule has 8 nitrogen and oxygen atoms in total. The van der Waals surface area contributed by atoms with Crippen LogP contribution in [0.15, 0.2) is 53.4 Å². The Bertz CT molecular complexity index is 1250. The second kappa shape index (κ2) is 10.2. The highest BCUT2D eigenvalue weighted by molar-refractivity contribution is 7.89. The van der Waals surface area contributed by atoms with Crippen LogP contribution >= 0.6 is 11.3 Å². The number of thiazole rings is 1. The molecule has 3 aromatic rings. The van der Waals surface area contributed by atoms with E-state index in [2.05, 4.69) is 0 Å². The Kier molecular flexibility index (Phi) is 7.06. The molecule has 2 aliphatic rings. The molecule has 0 radical (unpaired) electrons. The topological polar surface area (TPSA) is 89.0 Å². The van der Waals surface area contributed by atoms with E-state index in [0.717, 1.165) is 23.1 Å². The highest BCUT2D eigenvalue weighted by Gasteiger charge is 2.37. The Labute approximate surface area is 209 Å². The summed E-state index contributed by atoms with van der Waals surface area (Å²) < 4.78 is 40.1. The number of anilines is 1. The number of rotatable bonds is 7. The zero-order valence-electron chi connectivity index (χ0n) is 19.6. The number of nitrogens with zero attached hydrogens (tertiary/aromatic N) is 3. The lowest BCUT2D eigenvalue weighted by atomic mass is 9.98. The predicted octanol–water partition coefficient (Wildman–Crippen LogP) is 3.92. The maximum Gasteiger partial charge on any atom is 0.243 e. The van der Waals surface area contributed by atoms with Crippen molar-refractivity contribution in [2.45, 2.75) is 36.7 Å². The Morgan fingerprint density at radius 1 is 1.17 bits per heavy atom. The largest absolute Gasteiger partial charge is 0.497 e. The number of benzene rings is 2. The summed E-state index contributed by atoms with van der Waals surface area (Å²) in [6.45, 7) is 1.68. The first-order chi connectivity index (χ1) is 17.0. The Morgan fingerprint density at radius 3 is 2.69 bits per heavy atom. The first kappa shape index (κ1) is 24.2. The third kappa shape index (κ3) is 5.06. The maximum absolute atomic E-state index is 13.9. The summed E-state index contributed by atoms with van der Waals surface area (Å²) in [6.07, 6.45) is 3.11. The average molecular weight is 516 g/mol. The molecule has 3 heterocycles. The first-order valence-electron chi connectivity index (χ1n) is 11.9. The van der Waals surface area contributed by atoms with Gasteiger partial charge in [0.15, 0.2) is 5.13 Å². The third-order valence-electron chi connectivity index (χ3n) is 6.62. The Morgan fingerprint density at radius 2 is 1.97 bits per heavy atom. The number of carbonyl (C=O) groups is 1. The summed E-state index contributed by atoms with van der Waals surface area (Å²) in [5, 5.41) is 0.641. The second-order valence-electron chi connectivity index (χ2n) is 8.93. The number of hydrogen-bond donors (Lipinski definition) is 0. The van der Waals surface area contributed by atoms with Crippen molar-refractivity contribution >= 4 is 42.6 Å². The molecule has 10 heteroatoms. The molecule has 5 rings (SSSR count). The molecular formula is C25H29N3O5S2. The molecule has 1 amide bonds. The van der Waals surface area contributed by atoms with Gasteiger partial charge in [0.1, 0.15) is 5.75 Å². The molecule has 0 aliphatic carbocycles. The minimum Gasteiger partial charge on any atom is -0.497 e. The zero-order chi connectivity index (χ0) is 24.4. The molecule has 0 bridgehead atoms. The summed E-state index contributed by atoms with van der Waals surface area (Å²) in [4.78, 5) is 20.5. The van der Waals surface area contributed by atoms with Gasteiger partial charge in [-0.2, -0.15) is 4.31 Å². The van der Waals surface area contributed by atoms with Crippen molar-refractivity contribution in [1.29, 1.82) is 0 Å². The number of fused-ring (bicyclic) bond motifs is 1. The number of aromatic nitrogens is 1. The average Bonchev–Trinajstić information content (AvgIpc) is 3.56. The van der Waals surface area contributed by atoms with E-state index < -0.39 is 15.9 Å². The van der Waals surface area contributed by atoms with Gasteiger partial charge in [-0.05, 0) is 62.1 Å². The first-order valence-corrected chi connectivity index (χ1v) is 14.1. The molecule has 35 heavy (non-hydrogen) atoms. The molecule has 2 unspecified atom stereocenters. The number of ether oxygens (including phenoxy) is 2. The van der Waals surface area contributed by atoms with Gasteiger partial charge in [0, 0.05) is 19.7 Å². The molecule has 2 aromatic carbocycles. The summed E-state index contributed by atoms with van der Waals surface area (Å²) in [5.41, 5.74) is 0.852. The quantitative estimate of drug-likeness (QED) is 0.474. The zero-order valence-corrected chi connectivity index (χ0v) is 21.3. The molecule has 0 N–H and O–H groups in total. The molecule has 2 saturated heterocycles. The van der Waals surface area contributed by atoms with E-state index in [1.807, 2.05) is 24.3 Å². The number of para-hydroxylation sites is 1. The van der Waals surface area contributed by atoms with Crippen molar-refractivity contribution in [2.75, 3.05) is 38.3 Å². The van der Waals surface area contributed by atoms with Gasteiger partial charge >= 0.3 is 0 Å². The van der Waals surface area contributed by atoms with Gasteiger partial charge in [-0.15, -0.1) is 0 Å². The van der Waals surface area contributed by atoms with Crippen LogP contribution in [0.2, 0.25) is 0 Å². The van der Waals surface area contributed by atoms with Crippen LogP contribution in [-0.4, -0.2) is 63.1 Å². The number of sulfonamides is 1. The number of amides is 1. The minimum atomic E-state index is -3.72. The van der Waals surface area contributed by atoms with Crippen LogP contribution in [0.4, 0.5) is 5.13 Å². The van der Waals surface area contributed by atoms with Gasteiger partial charge < -0.3 is 9.47 Å². The van der Waals surface area contributed by atoms with E-state index in [0.29, 0.717) is 43.4 Å².